The maximum atomic E-state index is 13.5. The van der Waals surface area contributed by atoms with Gasteiger partial charge in [0.25, 0.3) is 5.91 Å². The van der Waals surface area contributed by atoms with Crippen LogP contribution < -0.4 is 15.1 Å². The summed E-state index contributed by atoms with van der Waals surface area (Å²) >= 11 is 6.75. The van der Waals surface area contributed by atoms with E-state index in [-0.39, 0.29) is 22.7 Å². The minimum atomic E-state index is -4.76. The van der Waals surface area contributed by atoms with E-state index in [1.165, 1.54) is 47.0 Å². The third-order valence-corrected chi connectivity index (χ3v) is 8.28. The second kappa shape index (κ2) is 13.9. The number of rotatable bonds is 7. The molecule has 14 heteroatoms. The lowest BCUT2D eigenvalue weighted by atomic mass is 9.98. The summed E-state index contributed by atoms with van der Waals surface area (Å²) in [6.45, 7) is 9.94. The van der Waals surface area contributed by atoms with E-state index in [1.807, 2.05) is 63.2 Å². The van der Waals surface area contributed by atoms with Gasteiger partial charge in [-0.3, -0.25) is 15.1 Å². The van der Waals surface area contributed by atoms with Gasteiger partial charge in [0, 0.05) is 5.56 Å². The van der Waals surface area contributed by atoms with Gasteiger partial charge in [0.2, 0.25) is 5.11 Å². The number of aryl methyl sites for hydroxylation is 1. The molecule has 0 aliphatic carbocycles. The van der Waals surface area contributed by atoms with Gasteiger partial charge < -0.3 is 4.74 Å². The van der Waals surface area contributed by atoms with Crippen LogP contribution in [0, 0.1) is 6.92 Å². The lowest BCUT2D eigenvalue weighted by Crippen LogP contribution is -2.31. The first-order chi connectivity index (χ1) is 22.3. The average Bonchev–Trinajstić information content (AvgIpc) is 3.62. The van der Waals surface area contributed by atoms with Gasteiger partial charge >= 0.3 is 6.36 Å². The summed E-state index contributed by atoms with van der Waals surface area (Å²) in [5, 5.41) is 9.19. The number of hydrogen-bond acceptors (Lipinski definition) is 7. The molecule has 9 nitrogen and oxygen atoms in total. The van der Waals surface area contributed by atoms with Crippen molar-refractivity contribution in [2.24, 2.45) is 10.1 Å². The van der Waals surface area contributed by atoms with E-state index in [1.54, 1.807) is 11.1 Å². The molecule has 1 fully saturated rings. The van der Waals surface area contributed by atoms with Crippen LogP contribution in [-0.2, 0) is 4.79 Å². The van der Waals surface area contributed by atoms with Crippen molar-refractivity contribution in [1.29, 1.82) is 0 Å². The molecule has 2 heterocycles. The number of hydrazone groups is 1. The Kier molecular flexibility index (Phi) is 9.91. The van der Waals surface area contributed by atoms with E-state index in [0.29, 0.717) is 21.6 Å². The Hall–Kier alpha value is -4.82. The first kappa shape index (κ1) is 33.5. The second-order valence-corrected chi connectivity index (χ2v) is 12.4. The van der Waals surface area contributed by atoms with Crippen LogP contribution in [0.1, 0.15) is 50.3 Å². The van der Waals surface area contributed by atoms with Crippen LogP contribution in [0.25, 0.3) is 17.1 Å². The Balaban J connectivity index is 1.26. The fourth-order valence-electron chi connectivity index (χ4n) is 4.62. The van der Waals surface area contributed by atoms with E-state index in [4.69, 9.17) is 12.2 Å². The van der Waals surface area contributed by atoms with Crippen LogP contribution >= 0.6 is 24.0 Å². The van der Waals surface area contributed by atoms with E-state index in [9.17, 15) is 18.0 Å². The number of amidine groups is 1. The number of ether oxygens (including phenoxy) is 1. The highest BCUT2D eigenvalue weighted by atomic mass is 32.2. The molecule has 1 amide bonds. The number of hydrogen-bond donors (Lipinski definition) is 1. The number of amides is 1. The van der Waals surface area contributed by atoms with Crippen molar-refractivity contribution in [2.45, 2.75) is 46.9 Å². The summed E-state index contributed by atoms with van der Waals surface area (Å²) in [4.78, 5) is 24.6. The molecule has 0 spiro atoms. The number of carbonyl (C=O) groups excluding carboxylic acids is 1. The minimum Gasteiger partial charge on any atom is -0.406 e. The number of thiocarbonyl (C=S) groups is 1. The molecule has 47 heavy (non-hydrogen) atoms. The highest BCUT2D eigenvalue weighted by molar-refractivity contribution is 8.19. The Labute approximate surface area is 279 Å². The smallest absolute Gasteiger partial charge is 0.406 e. The number of benzene rings is 3. The maximum Gasteiger partial charge on any atom is 0.573 e. The summed E-state index contributed by atoms with van der Waals surface area (Å²) in [5.41, 5.74) is 8.51. The number of carbonyl (C=O) groups is 1. The number of aromatic nitrogens is 3. The third-order valence-electron chi connectivity index (χ3n) is 6.85. The number of halogens is 3. The zero-order valence-corrected chi connectivity index (χ0v) is 27.7. The van der Waals surface area contributed by atoms with Crippen LogP contribution in [0.15, 0.2) is 93.6 Å². The first-order valence-corrected chi connectivity index (χ1v) is 15.6. The van der Waals surface area contributed by atoms with Gasteiger partial charge in [-0.05, 0) is 97.7 Å². The SMILES string of the molecule is CC(C)=C1SC(=NC(=S)N/N=C/c2ccc(-c3ncn(-c4ccc(OC(F)(F)F)cc4)n3)cc2)N(c2cc(C)ccc2C(C)C)C1=O. The fourth-order valence-corrected chi connectivity index (χ4v) is 5.79. The maximum absolute atomic E-state index is 13.5. The van der Waals surface area contributed by atoms with Gasteiger partial charge in [-0.1, -0.05) is 55.8 Å². The van der Waals surface area contributed by atoms with Crippen molar-refractivity contribution in [3.63, 3.8) is 0 Å². The lowest BCUT2D eigenvalue weighted by molar-refractivity contribution is -0.274. The van der Waals surface area contributed by atoms with E-state index in [2.05, 4.69) is 44.2 Å². The number of allylic oxidation sites excluding steroid dienone is 1. The van der Waals surface area contributed by atoms with Crippen molar-refractivity contribution in [1.82, 2.24) is 20.2 Å². The standard InChI is InChI=1S/C33H30F3N7O2S2/c1-19(2)26-15-6-21(5)16-27(26)43-30(44)28(20(3)4)47-32(43)39-31(46)40-38-17-22-7-9-23(10-8-22)29-37-18-42(41-29)24-11-13-25(14-12-24)45-33(34,35)36/h6-19H,1-5H3,(H,40,46)/b38-17+,39-32?. The fraction of sp³-hybridized carbons (Fsp3) is 0.212. The van der Waals surface area contributed by atoms with Gasteiger partial charge in [0.1, 0.15) is 12.1 Å². The number of nitrogens with zero attached hydrogens (tertiary/aromatic N) is 6. The van der Waals surface area contributed by atoms with Gasteiger partial charge in [-0.2, -0.15) is 10.1 Å². The van der Waals surface area contributed by atoms with Crippen molar-refractivity contribution in [3.05, 3.63) is 100 Å². The van der Waals surface area contributed by atoms with Crippen LogP contribution in [0.4, 0.5) is 18.9 Å². The molecule has 0 unspecified atom stereocenters. The van der Waals surface area contributed by atoms with Gasteiger partial charge in [0.15, 0.2) is 11.0 Å². The normalized spacial score (nSPS) is 14.5. The highest BCUT2D eigenvalue weighted by Gasteiger charge is 2.37. The molecule has 1 N–H and O–H groups in total. The monoisotopic (exact) mass is 677 g/mol. The second-order valence-electron chi connectivity index (χ2n) is 11.0. The molecule has 5 rings (SSSR count). The molecule has 1 aliphatic heterocycles. The molecule has 3 aromatic carbocycles. The topological polar surface area (TPSA) is 97.0 Å². The van der Waals surface area contributed by atoms with E-state index in [0.717, 1.165) is 33.5 Å². The quantitative estimate of drug-likeness (QED) is 0.0920. The summed E-state index contributed by atoms with van der Waals surface area (Å²) in [6.07, 6.45) is -1.71. The zero-order valence-electron chi connectivity index (χ0n) is 26.0. The van der Waals surface area contributed by atoms with Crippen LogP contribution in [0.2, 0.25) is 0 Å². The average molecular weight is 678 g/mol. The van der Waals surface area contributed by atoms with Crippen molar-refractivity contribution in [3.8, 4) is 22.8 Å². The molecule has 4 aromatic rings. The Morgan fingerprint density at radius 3 is 2.40 bits per heavy atom. The number of thioether (sulfide) groups is 1. The Morgan fingerprint density at radius 2 is 1.77 bits per heavy atom. The lowest BCUT2D eigenvalue weighted by Gasteiger charge is -2.22. The number of aliphatic imine (C=N–C) groups is 1. The third kappa shape index (κ3) is 8.13. The number of nitrogens with one attached hydrogen (secondary N) is 1. The van der Waals surface area contributed by atoms with Crippen molar-refractivity contribution < 1.29 is 22.7 Å². The Bertz CT molecular complexity index is 1890. The molecule has 1 aromatic heterocycles. The first-order valence-electron chi connectivity index (χ1n) is 14.4. The predicted molar refractivity (Wildman–Crippen MR) is 183 cm³/mol. The number of anilines is 1. The van der Waals surface area contributed by atoms with Gasteiger partial charge in [-0.25, -0.2) is 9.67 Å². The molecule has 0 radical (unpaired) electrons. The largest absolute Gasteiger partial charge is 0.573 e. The highest BCUT2D eigenvalue weighted by Crippen LogP contribution is 2.40. The molecule has 0 bridgehead atoms. The molecule has 1 aliphatic rings. The molecule has 242 valence electrons. The molecular weight excluding hydrogens is 648 g/mol. The van der Waals surface area contributed by atoms with Gasteiger partial charge in [0.05, 0.1) is 22.5 Å². The molecule has 1 saturated heterocycles. The van der Waals surface area contributed by atoms with E-state index >= 15 is 0 Å². The van der Waals surface area contributed by atoms with Crippen molar-refractivity contribution in [2.75, 3.05) is 4.90 Å². The summed E-state index contributed by atoms with van der Waals surface area (Å²) in [5.74, 6) is 0.157. The number of alkyl halides is 3. The Morgan fingerprint density at radius 1 is 1.06 bits per heavy atom. The molecule has 0 atom stereocenters. The van der Waals surface area contributed by atoms with E-state index < -0.39 is 6.36 Å². The molecule has 0 saturated carbocycles. The summed E-state index contributed by atoms with van der Waals surface area (Å²) < 4.78 is 42.7. The van der Waals surface area contributed by atoms with Crippen molar-refractivity contribution >= 4 is 52.1 Å². The summed E-state index contributed by atoms with van der Waals surface area (Å²) in [6, 6.07) is 18.6. The zero-order chi connectivity index (χ0) is 33.9. The molecular formula is C33H30F3N7O2S2. The minimum absolute atomic E-state index is 0.0969. The van der Waals surface area contributed by atoms with Gasteiger partial charge in [-0.15, -0.1) is 18.3 Å². The predicted octanol–water partition coefficient (Wildman–Crippen LogP) is 7.90. The van der Waals surface area contributed by atoms with Crippen LogP contribution in [0.5, 0.6) is 5.75 Å². The van der Waals surface area contributed by atoms with Crippen LogP contribution in [-0.4, -0.2) is 43.5 Å². The summed E-state index contributed by atoms with van der Waals surface area (Å²) in [7, 11) is 0. The van der Waals surface area contributed by atoms with Crippen LogP contribution in [0.3, 0.4) is 0 Å².